The molecule has 0 aliphatic carbocycles. The Morgan fingerprint density at radius 2 is 2.11 bits per heavy atom. The molecular weight excluding hydrogens is 262 g/mol. The number of carbonyl (C=O) groups excluding carboxylic acids is 1. The molecule has 0 unspecified atom stereocenters. The van der Waals surface area contributed by atoms with Gasteiger partial charge in [0.25, 0.3) is 12.3 Å². The van der Waals surface area contributed by atoms with E-state index >= 15 is 0 Å². The Balaban J connectivity index is 2.50. The number of carboxylic acid groups (broad SMARTS) is 1. The number of halogens is 2. The van der Waals surface area contributed by atoms with E-state index in [0.29, 0.717) is 0 Å². The lowest BCUT2D eigenvalue weighted by Gasteiger charge is -2.10. The zero-order chi connectivity index (χ0) is 14.4. The summed E-state index contributed by atoms with van der Waals surface area (Å²) in [5, 5.41) is 19.8. The van der Waals surface area contributed by atoms with Gasteiger partial charge in [0.05, 0.1) is 6.54 Å². The molecule has 3 N–H and O–H groups in total. The molecule has 1 aromatic heterocycles. The van der Waals surface area contributed by atoms with Crippen molar-refractivity contribution in [1.82, 2.24) is 9.88 Å². The molecule has 0 aliphatic heterocycles. The summed E-state index contributed by atoms with van der Waals surface area (Å²) in [7, 11) is 0. The first-order valence-corrected chi connectivity index (χ1v) is 5.54. The van der Waals surface area contributed by atoms with Crippen molar-refractivity contribution in [3.05, 3.63) is 24.0 Å². The van der Waals surface area contributed by atoms with E-state index in [1.165, 1.54) is 18.3 Å². The number of nitrogens with zero attached hydrogens (tertiary/aromatic N) is 1. The highest BCUT2D eigenvalue weighted by atomic mass is 19.3. The Bertz CT molecular complexity index is 448. The molecule has 0 saturated carbocycles. The quantitative estimate of drug-likeness (QED) is 0.668. The molecule has 0 aromatic carbocycles. The minimum atomic E-state index is -2.58. The number of amides is 1. The highest BCUT2D eigenvalue weighted by molar-refractivity contribution is 5.92. The Morgan fingerprint density at radius 3 is 2.68 bits per heavy atom. The normalized spacial score (nSPS) is 12.4. The standard InChI is InChI=1S/C11H14F2N2O4/c12-9(13)6-15-5-1-2-7(15)10(17)14-4-3-8(16)11(18)19/h1-2,5,8-9,16H,3-4,6H2,(H,14,17)(H,18,19)/t8-/m0/s1. The Morgan fingerprint density at radius 1 is 1.42 bits per heavy atom. The van der Waals surface area contributed by atoms with E-state index in [0.717, 1.165) is 4.57 Å². The van der Waals surface area contributed by atoms with Crippen molar-refractivity contribution in [2.45, 2.75) is 25.5 Å². The Hall–Kier alpha value is -1.96. The van der Waals surface area contributed by atoms with Crippen LogP contribution in [-0.2, 0) is 11.3 Å². The van der Waals surface area contributed by atoms with Crippen molar-refractivity contribution in [2.24, 2.45) is 0 Å². The van der Waals surface area contributed by atoms with Crippen LogP contribution in [0.25, 0.3) is 0 Å². The SMILES string of the molecule is O=C(NCC[C@H](O)C(=O)O)c1cccn1CC(F)F. The first kappa shape index (κ1) is 15.1. The average molecular weight is 276 g/mol. The van der Waals surface area contributed by atoms with Crippen LogP contribution in [0.2, 0.25) is 0 Å². The van der Waals surface area contributed by atoms with Crippen molar-refractivity contribution < 1.29 is 28.6 Å². The van der Waals surface area contributed by atoms with Crippen LogP contribution in [0.15, 0.2) is 18.3 Å². The van der Waals surface area contributed by atoms with E-state index in [1.807, 2.05) is 0 Å². The smallest absolute Gasteiger partial charge is 0.332 e. The Kier molecular flexibility index (Phi) is 5.43. The summed E-state index contributed by atoms with van der Waals surface area (Å²) >= 11 is 0. The van der Waals surface area contributed by atoms with E-state index in [1.54, 1.807) is 0 Å². The van der Waals surface area contributed by atoms with Crippen LogP contribution < -0.4 is 5.32 Å². The fraction of sp³-hybridized carbons (Fsp3) is 0.455. The van der Waals surface area contributed by atoms with Gasteiger partial charge in [-0.25, -0.2) is 13.6 Å². The molecule has 0 saturated heterocycles. The second-order valence-corrected chi connectivity index (χ2v) is 3.84. The van der Waals surface area contributed by atoms with Crippen molar-refractivity contribution in [3.63, 3.8) is 0 Å². The van der Waals surface area contributed by atoms with Gasteiger partial charge in [-0.2, -0.15) is 0 Å². The van der Waals surface area contributed by atoms with Gasteiger partial charge in [0.1, 0.15) is 5.69 Å². The summed E-state index contributed by atoms with van der Waals surface area (Å²) in [5.74, 6) is -1.97. The molecule has 1 heterocycles. The predicted molar refractivity (Wildman–Crippen MR) is 61.0 cm³/mol. The number of nitrogens with one attached hydrogen (secondary N) is 1. The third-order valence-corrected chi connectivity index (χ3v) is 2.39. The molecule has 1 aromatic rings. The van der Waals surface area contributed by atoms with Crippen LogP contribution >= 0.6 is 0 Å². The second-order valence-electron chi connectivity index (χ2n) is 3.84. The topological polar surface area (TPSA) is 91.6 Å². The average Bonchev–Trinajstić information content (AvgIpc) is 2.75. The summed E-state index contributed by atoms with van der Waals surface area (Å²) in [4.78, 5) is 22.0. The van der Waals surface area contributed by atoms with Crippen LogP contribution in [-0.4, -0.2) is 45.7 Å². The maximum Gasteiger partial charge on any atom is 0.332 e. The number of aromatic nitrogens is 1. The zero-order valence-corrected chi connectivity index (χ0v) is 9.92. The molecule has 1 amide bonds. The lowest BCUT2D eigenvalue weighted by atomic mass is 10.2. The minimum absolute atomic E-state index is 0.0603. The van der Waals surface area contributed by atoms with Crippen LogP contribution in [0.1, 0.15) is 16.9 Å². The fourth-order valence-corrected chi connectivity index (χ4v) is 1.46. The van der Waals surface area contributed by atoms with Crippen molar-refractivity contribution in [1.29, 1.82) is 0 Å². The molecule has 1 atom stereocenters. The molecule has 0 spiro atoms. The summed E-state index contributed by atoms with van der Waals surface area (Å²) in [6.07, 6.45) is -2.94. The first-order chi connectivity index (χ1) is 8.91. The monoisotopic (exact) mass is 276 g/mol. The first-order valence-electron chi connectivity index (χ1n) is 5.54. The maximum atomic E-state index is 12.2. The van der Waals surface area contributed by atoms with E-state index in [-0.39, 0.29) is 18.7 Å². The number of aliphatic hydroxyl groups is 1. The summed E-state index contributed by atoms with van der Waals surface area (Å²) in [6.45, 7) is -0.653. The van der Waals surface area contributed by atoms with E-state index in [4.69, 9.17) is 10.2 Å². The van der Waals surface area contributed by atoms with Gasteiger partial charge in [0.2, 0.25) is 0 Å². The highest BCUT2D eigenvalue weighted by Gasteiger charge is 2.16. The third-order valence-electron chi connectivity index (χ3n) is 2.39. The molecule has 0 radical (unpaired) electrons. The predicted octanol–water partition coefficient (Wildman–Crippen LogP) is 0.319. The number of carboxylic acids is 1. The number of rotatable bonds is 7. The Labute approximate surface area is 107 Å². The van der Waals surface area contributed by atoms with Crippen molar-refractivity contribution in [3.8, 4) is 0 Å². The number of hydrogen-bond donors (Lipinski definition) is 3. The van der Waals surface area contributed by atoms with Gasteiger partial charge in [-0.1, -0.05) is 0 Å². The molecular formula is C11H14F2N2O4. The minimum Gasteiger partial charge on any atom is -0.479 e. The van der Waals surface area contributed by atoms with Gasteiger partial charge in [-0.05, 0) is 12.1 Å². The maximum absolute atomic E-state index is 12.2. The number of carbonyl (C=O) groups is 2. The number of hydrogen-bond acceptors (Lipinski definition) is 3. The van der Waals surface area contributed by atoms with Crippen molar-refractivity contribution in [2.75, 3.05) is 6.54 Å². The highest BCUT2D eigenvalue weighted by Crippen LogP contribution is 2.06. The van der Waals surface area contributed by atoms with Gasteiger partial charge in [0.15, 0.2) is 6.10 Å². The van der Waals surface area contributed by atoms with E-state index < -0.39 is 31.0 Å². The molecule has 8 heteroatoms. The van der Waals surface area contributed by atoms with Crippen LogP contribution in [0, 0.1) is 0 Å². The summed E-state index contributed by atoms with van der Waals surface area (Å²) < 4.78 is 25.6. The lowest BCUT2D eigenvalue weighted by molar-refractivity contribution is -0.146. The molecule has 0 aliphatic rings. The lowest BCUT2D eigenvalue weighted by Crippen LogP contribution is -2.31. The van der Waals surface area contributed by atoms with Gasteiger partial charge >= 0.3 is 5.97 Å². The molecule has 19 heavy (non-hydrogen) atoms. The molecule has 106 valence electrons. The summed E-state index contributed by atoms with van der Waals surface area (Å²) in [5.41, 5.74) is 0.0603. The van der Waals surface area contributed by atoms with Gasteiger partial charge in [-0.15, -0.1) is 0 Å². The second kappa shape index (κ2) is 6.83. The molecule has 1 rings (SSSR count). The number of aliphatic carboxylic acids is 1. The number of alkyl halides is 2. The molecule has 0 fully saturated rings. The zero-order valence-electron chi connectivity index (χ0n) is 9.92. The largest absolute Gasteiger partial charge is 0.479 e. The van der Waals surface area contributed by atoms with Crippen LogP contribution in [0.5, 0.6) is 0 Å². The number of aliphatic hydroxyl groups excluding tert-OH is 1. The van der Waals surface area contributed by atoms with Crippen molar-refractivity contribution >= 4 is 11.9 Å². The molecule has 0 bridgehead atoms. The summed E-state index contributed by atoms with van der Waals surface area (Å²) in [6, 6.07) is 2.84. The van der Waals surface area contributed by atoms with Gasteiger partial charge < -0.3 is 20.1 Å². The van der Waals surface area contributed by atoms with E-state index in [9.17, 15) is 18.4 Å². The molecule has 6 nitrogen and oxygen atoms in total. The third kappa shape index (κ3) is 4.66. The van der Waals surface area contributed by atoms with Crippen LogP contribution in [0.4, 0.5) is 8.78 Å². The van der Waals surface area contributed by atoms with Gasteiger partial charge in [-0.3, -0.25) is 4.79 Å². The fourth-order valence-electron chi connectivity index (χ4n) is 1.46. The van der Waals surface area contributed by atoms with Gasteiger partial charge in [0, 0.05) is 19.2 Å². The van der Waals surface area contributed by atoms with Crippen LogP contribution in [0.3, 0.4) is 0 Å². The van der Waals surface area contributed by atoms with E-state index in [2.05, 4.69) is 5.32 Å².